The highest BCUT2D eigenvalue weighted by Crippen LogP contribution is 2.07. The maximum Gasteiger partial charge on any atom is 0.318 e. The molecule has 19 heavy (non-hydrogen) atoms. The van der Waals surface area contributed by atoms with Gasteiger partial charge in [-0.25, -0.2) is 4.98 Å². The molecule has 1 amide bonds. The molecule has 1 aromatic heterocycles. The first-order valence-corrected chi connectivity index (χ1v) is 6.56. The standard InChI is InChI=1S/C9H13N3O3.2C2H6/c1-7(14)11-8-3-4-10-9(12-8)15-6-2-5-13;2*1-2/h3-4,13H,2,5-6H2,1H3,(H,10,11,12,14);2*1-2H3. The second-order valence-electron chi connectivity index (χ2n) is 2.83. The lowest BCUT2D eigenvalue weighted by atomic mass is 10.5. The van der Waals surface area contributed by atoms with Gasteiger partial charge >= 0.3 is 6.01 Å². The molecule has 0 aromatic carbocycles. The average Bonchev–Trinajstić information content (AvgIpc) is 2.43. The molecule has 2 N–H and O–H groups in total. The van der Waals surface area contributed by atoms with E-state index in [9.17, 15) is 4.79 Å². The first kappa shape index (κ1) is 19.6. The van der Waals surface area contributed by atoms with Crippen LogP contribution < -0.4 is 10.1 Å². The van der Waals surface area contributed by atoms with E-state index in [1.807, 2.05) is 27.7 Å². The van der Waals surface area contributed by atoms with Crippen molar-refractivity contribution in [3.05, 3.63) is 12.3 Å². The van der Waals surface area contributed by atoms with E-state index in [2.05, 4.69) is 15.3 Å². The van der Waals surface area contributed by atoms with Crippen molar-refractivity contribution in [2.45, 2.75) is 41.0 Å². The molecule has 0 bridgehead atoms. The Labute approximate surface area is 115 Å². The van der Waals surface area contributed by atoms with Crippen LogP contribution in [0.1, 0.15) is 41.0 Å². The highest BCUT2D eigenvalue weighted by Gasteiger charge is 2.01. The number of carbonyl (C=O) groups is 1. The number of nitrogens with one attached hydrogen (secondary N) is 1. The molecule has 0 aliphatic heterocycles. The van der Waals surface area contributed by atoms with Crippen molar-refractivity contribution in [2.75, 3.05) is 18.5 Å². The van der Waals surface area contributed by atoms with Crippen molar-refractivity contribution in [3.8, 4) is 6.01 Å². The van der Waals surface area contributed by atoms with Crippen molar-refractivity contribution in [1.29, 1.82) is 0 Å². The molecule has 6 heteroatoms. The summed E-state index contributed by atoms with van der Waals surface area (Å²) in [6, 6.07) is 1.76. The fraction of sp³-hybridized carbons (Fsp3) is 0.615. The van der Waals surface area contributed by atoms with Crippen LogP contribution in [0.15, 0.2) is 12.3 Å². The summed E-state index contributed by atoms with van der Waals surface area (Å²) in [7, 11) is 0. The predicted molar refractivity (Wildman–Crippen MR) is 76.2 cm³/mol. The van der Waals surface area contributed by atoms with Crippen molar-refractivity contribution < 1.29 is 14.6 Å². The third-order valence-electron chi connectivity index (χ3n) is 1.47. The summed E-state index contributed by atoms with van der Waals surface area (Å²) in [6.45, 7) is 9.81. The summed E-state index contributed by atoms with van der Waals surface area (Å²) >= 11 is 0. The van der Waals surface area contributed by atoms with E-state index in [4.69, 9.17) is 9.84 Å². The quantitative estimate of drug-likeness (QED) is 0.802. The molecule has 0 saturated heterocycles. The molecular formula is C13H25N3O3. The van der Waals surface area contributed by atoms with Gasteiger partial charge in [-0.2, -0.15) is 4.98 Å². The van der Waals surface area contributed by atoms with Gasteiger partial charge in [0.25, 0.3) is 0 Å². The number of ether oxygens (including phenoxy) is 1. The molecular weight excluding hydrogens is 246 g/mol. The molecule has 110 valence electrons. The summed E-state index contributed by atoms with van der Waals surface area (Å²) in [4.78, 5) is 18.5. The molecule has 0 spiro atoms. The van der Waals surface area contributed by atoms with Crippen LogP contribution in [-0.4, -0.2) is 34.2 Å². The summed E-state index contributed by atoms with van der Waals surface area (Å²) in [6.07, 6.45) is 2.01. The van der Waals surface area contributed by atoms with Gasteiger partial charge in [0.05, 0.1) is 6.61 Å². The minimum absolute atomic E-state index is 0.0609. The Morgan fingerprint density at radius 2 is 2.00 bits per heavy atom. The fourth-order valence-electron chi connectivity index (χ4n) is 0.888. The van der Waals surface area contributed by atoms with Crippen molar-refractivity contribution in [3.63, 3.8) is 0 Å². The van der Waals surface area contributed by atoms with Crippen LogP contribution >= 0.6 is 0 Å². The second kappa shape index (κ2) is 14.4. The van der Waals surface area contributed by atoms with E-state index in [-0.39, 0.29) is 18.5 Å². The minimum Gasteiger partial charge on any atom is -0.463 e. The normalized spacial score (nSPS) is 8.32. The zero-order valence-electron chi connectivity index (χ0n) is 12.4. The van der Waals surface area contributed by atoms with E-state index < -0.39 is 0 Å². The number of hydrogen-bond donors (Lipinski definition) is 2. The third-order valence-corrected chi connectivity index (χ3v) is 1.47. The Morgan fingerprint density at radius 3 is 2.53 bits per heavy atom. The van der Waals surface area contributed by atoms with Crippen LogP contribution in [-0.2, 0) is 4.79 Å². The Kier molecular flexibility index (Phi) is 14.9. The van der Waals surface area contributed by atoms with Gasteiger partial charge in [0.15, 0.2) is 0 Å². The lowest BCUT2D eigenvalue weighted by Gasteiger charge is -2.04. The number of amides is 1. The predicted octanol–water partition coefficient (Wildman–Crippen LogP) is 2.25. The van der Waals surface area contributed by atoms with Crippen molar-refractivity contribution in [2.24, 2.45) is 0 Å². The smallest absolute Gasteiger partial charge is 0.318 e. The molecule has 0 fully saturated rings. The summed E-state index contributed by atoms with van der Waals surface area (Å²) in [5.41, 5.74) is 0. The van der Waals surface area contributed by atoms with Crippen LogP contribution in [0.3, 0.4) is 0 Å². The number of nitrogens with zero attached hydrogens (tertiary/aromatic N) is 2. The molecule has 0 saturated carbocycles. The molecule has 0 atom stereocenters. The van der Waals surface area contributed by atoms with Gasteiger partial charge in [-0.15, -0.1) is 0 Å². The van der Waals surface area contributed by atoms with E-state index in [0.29, 0.717) is 18.8 Å². The first-order chi connectivity index (χ1) is 9.22. The first-order valence-electron chi connectivity index (χ1n) is 6.56. The number of aromatic nitrogens is 2. The lowest BCUT2D eigenvalue weighted by molar-refractivity contribution is -0.114. The minimum atomic E-state index is -0.199. The van der Waals surface area contributed by atoms with Crippen LogP contribution in [0.4, 0.5) is 5.82 Å². The topological polar surface area (TPSA) is 84.3 Å². The van der Waals surface area contributed by atoms with Gasteiger partial charge in [-0.05, 0) is 6.07 Å². The van der Waals surface area contributed by atoms with Gasteiger partial charge < -0.3 is 15.2 Å². The second-order valence-corrected chi connectivity index (χ2v) is 2.83. The van der Waals surface area contributed by atoms with Crippen LogP contribution in [0.25, 0.3) is 0 Å². The maximum absolute atomic E-state index is 10.7. The van der Waals surface area contributed by atoms with Crippen LogP contribution in [0, 0.1) is 0 Å². The molecule has 6 nitrogen and oxygen atoms in total. The molecule has 1 rings (SSSR count). The van der Waals surface area contributed by atoms with Gasteiger partial charge in [0.2, 0.25) is 5.91 Å². The van der Waals surface area contributed by atoms with Gasteiger partial charge in [-0.3, -0.25) is 4.79 Å². The molecule has 0 unspecified atom stereocenters. The largest absolute Gasteiger partial charge is 0.463 e. The summed E-state index contributed by atoms with van der Waals surface area (Å²) in [5.74, 6) is 0.200. The lowest BCUT2D eigenvalue weighted by Crippen LogP contribution is -2.09. The van der Waals surface area contributed by atoms with Crippen LogP contribution in [0.2, 0.25) is 0 Å². The Balaban J connectivity index is 0. The molecule has 1 heterocycles. The summed E-state index contributed by atoms with van der Waals surface area (Å²) in [5, 5.41) is 11.1. The Morgan fingerprint density at radius 1 is 1.37 bits per heavy atom. The maximum atomic E-state index is 10.7. The number of rotatable bonds is 5. The molecule has 0 radical (unpaired) electrons. The zero-order valence-corrected chi connectivity index (χ0v) is 12.4. The number of aliphatic hydroxyl groups is 1. The zero-order chi connectivity index (χ0) is 15.1. The van der Waals surface area contributed by atoms with E-state index in [1.165, 1.54) is 13.1 Å². The molecule has 0 aliphatic rings. The molecule has 0 aliphatic carbocycles. The number of anilines is 1. The Bertz CT molecular complexity index is 333. The third kappa shape index (κ3) is 11.1. The fourth-order valence-corrected chi connectivity index (χ4v) is 0.888. The number of carbonyl (C=O) groups excluding carboxylic acids is 1. The van der Waals surface area contributed by atoms with E-state index in [1.54, 1.807) is 6.07 Å². The van der Waals surface area contributed by atoms with E-state index >= 15 is 0 Å². The highest BCUT2D eigenvalue weighted by molar-refractivity contribution is 5.87. The van der Waals surface area contributed by atoms with Gasteiger partial charge in [-0.1, -0.05) is 27.7 Å². The number of aliphatic hydroxyl groups excluding tert-OH is 1. The summed E-state index contributed by atoms with van der Waals surface area (Å²) < 4.78 is 5.14. The highest BCUT2D eigenvalue weighted by atomic mass is 16.5. The van der Waals surface area contributed by atoms with Crippen molar-refractivity contribution >= 4 is 11.7 Å². The monoisotopic (exact) mass is 271 g/mol. The SMILES string of the molecule is CC.CC.CC(=O)Nc1ccnc(OCCCO)n1. The van der Waals surface area contributed by atoms with E-state index in [0.717, 1.165) is 0 Å². The van der Waals surface area contributed by atoms with Gasteiger partial charge in [0, 0.05) is 26.1 Å². The average molecular weight is 271 g/mol. The van der Waals surface area contributed by atoms with Gasteiger partial charge in [0.1, 0.15) is 5.82 Å². The Hall–Kier alpha value is -1.69. The molecule has 1 aromatic rings. The van der Waals surface area contributed by atoms with Crippen LogP contribution in [0.5, 0.6) is 6.01 Å². The van der Waals surface area contributed by atoms with Crippen molar-refractivity contribution in [1.82, 2.24) is 9.97 Å². The number of hydrogen-bond acceptors (Lipinski definition) is 5.